The van der Waals surface area contributed by atoms with E-state index in [2.05, 4.69) is 33.2 Å². The smallest absolute Gasteiger partial charge is 0.252 e. The summed E-state index contributed by atoms with van der Waals surface area (Å²) in [5.41, 5.74) is 0.482. The molecule has 0 atom stereocenters. The van der Waals surface area contributed by atoms with Gasteiger partial charge in [0, 0.05) is 10.5 Å². The maximum Gasteiger partial charge on any atom is 0.252 e. The first-order valence-corrected chi connectivity index (χ1v) is 6.80. The van der Waals surface area contributed by atoms with Crippen LogP contribution in [-0.2, 0) is 0 Å². The monoisotopic (exact) mass is 314 g/mol. The lowest BCUT2D eigenvalue weighted by molar-refractivity contribution is 0.0916. The normalized spacial score (nSPS) is 17.7. The topological polar surface area (TPSA) is 32.3 Å². The molecule has 98 valence electrons. The third kappa shape index (κ3) is 3.29. The molecule has 0 saturated carbocycles. The summed E-state index contributed by atoms with van der Waals surface area (Å²) in [6.45, 7) is 1.99. The molecule has 1 fully saturated rings. The summed E-state index contributed by atoms with van der Waals surface area (Å²) in [6, 6.07) is 4.33. The van der Waals surface area contributed by atoms with E-state index in [-0.39, 0.29) is 17.8 Å². The molecule has 5 heteroatoms. The molecule has 2 rings (SSSR count). The van der Waals surface area contributed by atoms with Gasteiger partial charge in [0.05, 0.1) is 5.56 Å². The third-order valence-electron chi connectivity index (χ3n) is 3.23. The van der Waals surface area contributed by atoms with Crippen LogP contribution in [0.15, 0.2) is 22.7 Å². The first kappa shape index (κ1) is 13.5. The van der Waals surface area contributed by atoms with Gasteiger partial charge in [-0.1, -0.05) is 0 Å². The van der Waals surface area contributed by atoms with Crippen molar-refractivity contribution < 1.29 is 9.18 Å². The zero-order chi connectivity index (χ0) is 13.1. The molecule has 1 N–H and O–H groups in total. The number of hydrogen-bond acceptors (Lipinski definition) is 2. The van der Waals surface area contributed by atoms with E-state index in [4.69, 9.17) is 0 Å². The Bertz CT molecular complexity index is 445. The number of rotatable bonds is 2. The number of likely N-dealkylation sites (tertiary alicyclic amines) is 1. The molecule has 1 aromatic rings. The summed E-state index contributed by atoms with van der Waals surface area (Å²) >= 11 is 3.21. The second-order valence-electron chi connectivity index (χ2n) is 4.68. The Morgan fingerprint density at radius 2 is 2.11 bits per heavy atom. The van der Waals surface area contributed by atoms with Crippen molar-refractivity contribution in [3.8, 4) is 0 Å². The van der Waals surface area contributed by atoms with Crippen molar-refractivity contribution in [2.24, 2.45) is 0 Å². The number of hydrogen-bond donors (Lipinski definition) is 1. The number of benzene rings is 1. The van der Waals surface area contributed by atoms with E-state index < -0.39 is 0 Å². The van der Waals surface area contributed by atoms with Crippen molar-refractivity contribution in [3.63, 3.8) is 0 Å². The minimum atomic E-state index is -0.349. The minimum absolute atomic E-state index is 0.142. The highest BCUT2D eigenvalue weighted by atomic mass is 79.9. The molecule has 0 bridgehead atoms. The average molecular weight is 315 g/mol. The lowest BCUT2D eigenvalue weighted by Gasteiger charge is -2.29. The van der Waals surface area contributed by atoms with Gasteiger partial charge in [0.25, 0.3) is 5.91 Å². The van der Waals surface area contributed by atoms with Gasteiger partial charge in [-0.15, -0.1) is 0 Å². The molecular formula is C13H16BrFN2O. The summed E-state index contributed by atoms with van der Waals surface area (Å²) in [4.78, 5) is 14.3. The Morgan fingerprint density at radius 3 is 2.72 bits per heavy atom. The molecule has 1 amide bonds. The van der Waals surface area contributed by atoms with Crippen LogP contribution in [0.5, 0.6) is 0 Å². The summed E-state index contributed by atoms with van der Waals surface area (Å²) in [5.74, 6) is -0.492. The summed E-state index contributed by atoms with van der Waals surface area (Å²) in [5, 5.41) is 3.00. The van der Waals surface area contributed by atoms with E-state index in [1.165, 1.54) is 18.2 Å². The Morgan fingerprint density at radius 1 is 1.44 bits per heavy atom. The van der Waals surface area contributed by atoms with Crippen LogP contribution in [-0.4, -0.2) is 37.0 Å². The van der Waals surface area contributed by atoms with Crippen LogP contribution in [0.1, 0.15) is 23.2 Å². The van der Waals surface area contributed by atoms with E-state index in [0.29, 0.717) is 10.0 Å². The van der Waals surface area contributed by atoms with Crippen LogP contribution >= 0.6 is 15.9 Å². The van der Waals surface area contributed by atoms with E-state index >= 15 is 0 Å². The van der Waals surface area contributed by atoms with Gasteiger partial charge in [-0.05, 0) is 67.1 Å². The van der Waals surface area contributed by atoms with Crippen LogP contribution in [0.2, 0.25) is 0 Å². The Hall–Kier alpha value is -0.940. The Balaban J connectivity index is 1.99. The van der Waals surface area contributed by atoms with Gasteiger partial charge in [-0.2, -0.15) is 0 Å². The molecule has 1 aliphatic heterocycles. The number of halogens is 2. The van der Waals surface area contributed by atoms with Gasteiger partial charge in [0.15, 0.2) is 0 Å². The van der Waals surface area contributed by atoms with Crippen LogP contribution in [0.3, 0.4) is 0 Å². The molecule has 3 nitrogen and oxygen atoms in total. The van der Waals surface area contributed by atoms with Gasteiger partial charge < -0.3 is 10.2 Å². The van der Waals surface area contributed by atoms with Crippen molar-refractivity contribution in [2.45, 2.75) is 18.9 Å². The number of nitrogens with one attached hydrogen (secondary N) is 1. The maximum absolute atomic E-state index is 12.9. The first-order chi connectivity index (χ1) is 8.56. The molecular weight excluding hydrogens is 299 g/mol. The zero-order valence-corrected chi connectivity index (χ0v) is 11.8. The Labute approximate surface area is 114 Å². The fraction of sp³-hybridized carbons (Fsp3) is 0.462. The van der Waals surface area contributed by atoms with Crippen molar-refractivity contribution in [1.29, 1.82) is 0 Å². The fourth-order valence-electron chi connectivity index (χ4n) is 2.09. The molecule has 0 aromatic heterocycles. The standard InChI is InChI=1S/C13H16BrFN2O/c1-17-6-4-10(5-7-17)16-13(18)11-3-2-9(15)8-12(11)14/h2-3,8,10H,4-7H2,1H3,(H,16,18). The van der Waals surface area contributed by atoms with Gasteiger partial charge in [0.2, 0.25) is 0 Å². The number of piperidine rings is 1. The number of amides is 1. The molecule has 1 heterocycles. The highest BCUT2D eigenvalue weighted by molar-refractivity contribution is 9.10. The second-order valence-corrected chi connectivity index (χ2v) is 5.53. The SMILES string of the molecule is CN1CCC(NC(=O)c2ccc(F)cc2Br)CC1. The molecule has 18 heavy (non-hydrogen) atoms. The predicted octanol–water partition coefficient (Wildman–Crippen LogP) is 2.41. The maximum atomic E-state index is 12.9. The summed E-state index contributed by atoms with van der Waals surface area (Å²) in [6.07, 6.45) is 1.92. The van der Waals surface area contributed by atoms with Crippen molar-refractivity contribution in [1.82, 2.24) is 10.2 Å². The van der Waals surface area contributed by atoms with Gasteiger partial charge in [0.1, 0.15) is 5.82 Å². The van der Waals surface area contributed by atoms with E-state index in [1.807, 2.05) is 0 Å². The zero-order valence-electron chi connectivity index (χ0n) is 10.2. The molecule has 0 aliphatic carbocycles. The first-order valence-electron chi connectivity index (χ1n) is 6.00. The lowest BCUT2D eigenvalue weighted by atomic mass is 10.0. The molecule has 0 spiro atoms. The molecule has 1 saturated heterocycles. The van der Waals surface area contributed by atoms with Crippen LogP contribution in [0, 0.1) is 5.82 Å². The third-order valence-corrected chi connectivity index (χ3v) is 3.89. The summed E-state index contributed by atoms with van der Waals surface area (Å²) < 4.78 is 13.4. The quantitative estimate of drug-likeness (QED) is 0.909. The minimum Gasteiger partial charge on any atom is -0.349 e. The predicted molar refractivity (Wildman–Crippen MR) is 72.1 cm³/mol. The van der Waals surface area contributed by atoms with Gasteiger partial charge >= 0.3 is 0 Å². The lowest BCUT2D eigenvalue weighted by Crippen LogP contribution is -2.43. The van der Waals surface area contributed by atoms with Crippen LogP contribution in [0.25, 0.3) is 0 Å². The van der Waals surface area contributed by atoms with E-state index in [1.54, 1.807) is 0 Å². The van der Waals surface area contributed by atoms with E-state index in [9.17, 15) is 9.18 Å². The average Bonchev–Trinajstić information content (AvgIpc) is 2.32. The molecule has 1 aromatic carbocycles. The number of carbonyl (C=O) groups is 1. The van der Waals surface area contributed by atoms with Crippen LogP contribution in [0.4, 0.5) is 4.39 Å². The Kier molecular flexibility index (Phi) is 4.35. The number of nitrogens with zero attached hydrogens (tertiary/aromatic N) is 1. The highest BCUT2D eigenvalue weighted by Crippen LogP contribution is 2.18. The fourth-order valence-corrected chi connectivity index (χ4v) is 2.62. The molecule has 0 radical (unpaired) electrons. The van der Waals surface area contributed by atoms with Crippen LogP contribution < -0.4 is 5.32 Å². The van der Waals surface area contributed by atoms with Crippen molar-refractivity contribution >= 4 is 21.8 Å². The molecule has 0 unspecified atom stereocenters. The number of carbonyl (C=O) groups excluding carboxylic acids is 1. The summed E-state index contributed by atoms with van der Waals surface area (Å²) in [7, 11) is 2.08. The second kappa shape index (κ2) is 5.80. The molecule has 1 aliphatic rings. The van der Waals surface area contributed by atoms with Crippen molar-refractivity contribution in [2.75, 3.05) is 20.1 Å². The van der Waals surface area contributed by atoms with Gasteiger partial charge in [-0.3, -0.25) is 4.79 Å². The van der Waals surface area contributed by atoms with Gasteiger partial charge in [-0.25, -0.2) is 4.39 Å². The van der Waals surface area contributed by atoms with Crippen molar-refractivity contribution in [3.05, 3.63) is 34.1 Å². The highest BCUT2D eigenvalue weighted by Gasteiger charge is 2.20. The van der Waals surface area contributed by atoms with E-state index in [0.717, 1.165) is 25.9 Å². The largest absolute Gasteiger partial charge is 0.349 e.